The van der Waals surface area contributed by atoms with Crippen molar-refractivity contribution < 1.29 is 17.9 Å². The fourth-order valence-corrected chi connectivity index (χ4v) is 4.53. The minimum atomic E-state index is -3.67. The van der Waals surface area contributed by atoms with Crippen LogP contribution in [0.25, 0.3) is 0 Å². The van der Waals surface area contributed by atoms with Gasteiger partial charge in [-0.3, -0.25) is 0 Å². The molecule has 0 unspecified atom stereocenters. The zero-order chi connectivity index (χ0) is 19.6. The number of hydrogen-bond donors (Lipinski definition) is 0. The standard InChI is InChI=1S/C22H21NO4S/c1-17-7-10-20(11-8-17)28(24,25)23(14-18-5-3-2-4-6-18)15-19-9-12-21-22(13-19)27-16-26-21/h2-13H,14-16H2,1H3. The van der Waals surface area contributed by atoms with Gasteiger partial charge in [0.25, 0.3) is 0 Å². The lowest BCUT2D eigenvalue weighted by Crippen LogP contribution is -2.30. The molecule has 144 valence electrons. The van der Waals surface area contributed by atoms with E-state index in [4.69, 9.17) is 9.47 Å². The molecule has 0 radical (unpaired) electrons. The Bertz CT molecular complexity index is 1060. The van der Waals surface area contributed by atoms with Gasteiger partial charge in [-0.1, -0.05) is 54.1 Å². The number of sulfonamides is 1. The summed E-state index contributed by atoms with van der Waals surface area (Å²) in [6, 6.07) is 22.1. The Balaban J connectivity index is 1.68. The number of hydrogen-bond acceptors (Lipinski definition) is 4. The topological polar surface area (TPSA) is 55.8 Å². The third-order valence-corrected chi connectivity index (χ3v) is 6.46. The summed E-state index contributed by atoms with van der Waals surface area (Å²) < 4.78 is 39.0. The maximum Gasteiger partial charge on any atom is 0.243 e. The highest BCUT2D eigenvalue weighted by molar-refractivity contribution is 7.89. The normalized spacial score (nSPS) is 13.1. The van der Waals surface area contributed by atoms with Gasteiger partial charge in [0.05, 0.1) is 4.90 Å². The summed E-state index contributed by atoms with van der Waals surface area (Å²) >= 11 is 0. The van der Waals surface area contributed by atoms with E-state index in [1.54, 1.807) is 12.1 Å². The lowest BCUT2D eigenvalue weighted by atomic mass is 10.2. The third kappa shape index (κ3) is 3.88. The zero-order valence-corrected chi connectivity index (χ0v) is 16.4. The average Bonchev–Trinajstić information content (AvgIpc) is 3.16. The molecule has 3 aromatic rings. The molecular formula is C22H21NO4S. The van der Waals surface area contributed by atoms with E-state index in [1.165, 1.54) is 4.31 Å². The van der Waals surface area contributed by atoms with Crippen LogP contribution in [-0.2, 0) is 23.1 Å². The van der Waals surface area contributed by atoms with Crippen molar-refractivity contribution >= 4 is 10.0 Å². The molecule has 4 rings (SSSR count). The van der Waals surface area contributed by atoms with Gasteiger partial charge in [-0.05, 0) is 42.3 Å². The summed E-state index contributed by atoms with van der Waals surface area (Å²) in [6.07, 6.45) is 0. The van der Waals surface area contributed by atoms with Crippen molar-refractivity contribution in [2.45, 2.75) is 24.9 Å². The van der Waals surface area contributed by atoms with Crippen LogP contribution in [-0.4, -0.2) is 19.5 Å². The van der Waals surface area contributed by atoms with Gasteiger partial charge in [0.2, 0.25) is 16.8 Å². The molecule has 6 heteroatoms. The highest BCUT2D eigenvalue weighted by Gasteiger charge is 2.25. The molecule has 1 aliphatic rings. The Morgan fingerprint density at radius 2 is 1.50 bits per heavy atom. The highest BCUT2D eigenvalue weighted by atomic mass is 32.2. The van der Waals surface area contributed by atoms with E-state index in [-0.39, 0.29) is 24.8 Å². The van der Waals surface area contributed by atoms with E-state index in [2.05, 4.69) is 0 Å². The van der Waals surface area contributed by atoms with Gasteiger partial charge in [0, 0.05) is 13.1 Å². The SMILES string of the molecule is Cc1ccc(S(=O)(=O)N(Cc2ccccc2)Cc2ccc3c(c2)OCO3)cc1. The van der Waals surface area contributed by atoms with E-state index in [0.29, 0.717) is 11.5 Å². The summed E-state index contributed by atoms with van der Waals surface area (Å²) in [7, 11) is -3.67. The molecular weight excluding hydrogens is 374 g/mol. The van der Waals surface area contributed by atoms with Crippen LogP contribution in [0, 0.1) is 6.92 Å². The number of fused-ring (bicyclic) bond motifs is 1. The Hall–Kier alpha value is -2.83. The lowest BCUT2D eigenvalue weighted by Gasteiger charge is -2.23. The van der Waals surface area contributed by atoms with Crippen molar-refractivity contribution in [3.63, 3.8) is 0 Å². The van der Waals surface area contributed by atoms with Crippen molar-refractivity contribution in [2.24, 2.45) is 0 Å². The molecule has 1 heterocycles. The third-order valence-electron chi connectivity index (χ3n) is 4.66. The maximum atomic E-state index is 13.4. The van der Waals surface area contributed by atoms with Crippen LogP contribution in [0.4, 0.5) is 0 Å². The van der Waals surface area contributed by atoms with Gasteiger partial charge in [-0.15, -0.1) is 0 Å². The van der Waals surface area contributed by atoms with Crippen LogP contribution in [0.1, 0.15) is 16.7 Å². The molecule has 0 fully saturated rings. The molecule has 0 saturated heterocycles. The number of benzene rings is 3. The molecule has 0 N–H and O–H groups in total. The summed E-state index contributed by atoms with van der Waals surface area (Å²) in [5, 5.41) is 0. The van der Waals surface area contributed by atoms with Gasteiger partial charge < -0.3 is 9.47 Å². The summed E-state index contributed by atoms with van der Waals surface area (Å²) in [5.41, 5.74) is 2.79. The van der Waals surface area contributed by atoms with Gasteiger partial charge in [-0.25, -0.2) is 8.42 Å². The van der Waals surface area contributed by atoms with E-state index in [0.717, 1.165) is 16.7 Å². The Labute approximate surface area is 165 Å². The van der Waals surface area contributed by atoms with Crippen molar-refractivity contribution in [3.05, 3.63) is 89.5 Å². The quantitative estimate of drug-likeness (QED) is 0.630. The smallest absolute Gasteiger partial charge is 0.243 e. The summed E-state index contributed by atoms with van der Waals surface area (Å²) in [4.78, 5) is 0.287. The molecule has 0 aliphatic carbocycles. The fraction of sp³-hybridized carbons (Fsp3) is 0.182. The van der Waals surface area contributed by atoms with Gasteiger partial charge in [-0.2, -0.15) is 4.31 Å². The molecule has 0 aromatic heterocycles. The minimum Gasteiger partial charge on any atom is -0.454 e. The zero-order valence-electron chi connectivity index (χ0n) is 15.5. The van der Waals surface area contributed by atoms with Crippen molar-refractivity contribution in [1.82, 2.24) is 4.31 Å². The number of ether oxygens (including phenoxy) is 2. The Kier molecular flexibility index (Phi) is 5.07. The molecule has 28 heavy (non-hydrogen) atoms. The molecule has 0 spiro atoms. The second kappa shape index (κ2) is 7.66. The van der Waals surface area contributed by atoms with E-state index in [9.17, 15) is 8.42 Å². The van der Waals surface area contributed by atoms with E-state index < -0.39 is 10.0 Å². The van der Waals surface area contributed by atoms with E-state index >= 15 is 0 Å². The molecule has 5 nitrogen and oxygen atoms in total. The molecule has 1 aliphatic heterocycles. The summed E-state index contributed by atoms with van der Waals surface area (Å²) in [6.45, 7) is 2.65. The predicted octanol–water partition coefficient (Wildman–Crippen LogP) is 4.11. The Morgan fingerprint density at radius 3 is 2.25 bits per heavy atom. The number of nitrogens with zero attached hydrogens (tertiary/aromatic N) is 1. The van der Waals surface area contributed by atoms with Crippen LogP contribution in [0.2, 0.25) is 0 Å². The average molecular weight is 395 g/mol. The largest absolute Gasteiger partial charge is 0.454 e. The first-order valence-electron chi connectivity index (χ1n) is 9.02. The van der Waals surface area contributed by atoms with Crippen LogP contribution in [0.3, 0.4) is 0 Å². The first-order chi connectivity index (χ1) is 13.5. The van der Waals surface area contributed by atoms with Gasteiger partial charge in [0.1, 0.15) is 0 Å². The minimum absolute atomic E-state index is 0.189. The van der Waals surface area contributed by atoms with E-state index in [1.807, 2.05) is 67.6 Å². The predicted molar refractivity (Wildman–Crippen MR) is 107 cm³/mol. The molecule has 3 aromatic carbocycles. The van der Waals surface area contributed by atoms with Crippen molar-refractivity contribution in [2.75, 3.05) is 6.79 Å². The Morgan fingerprint density at radius 1 is 0.821 bits per heavy atom. The number of aryl methyl sites for hydroxylation is 1. The van der Waals surface area contributed by atoms with Crippen molar-refractivity contribution in [1.29, 1.82) is 0 Å². The number of rotatable bonds is 6. The van der Waals surface area contributed by atoms with Crippen LogP contribution in [0.15, 0.2) is 77.7 Å². The maximum absolute atomic E-state index is 13.4. The second-order valence-electron chi connectivity index (χ2n) is 6.76. The highest BCUT2D eigenvalue weighted by Crippen LogP contribution is 2.33. The monoisotopic (exact) mass is 395 g/mol. The van der Waals surface area contributed by atoms with Crippen molar-refractivity contribution in [3.8, 4) is 11.5 Å². The van der Waals surface area contributed by atoms with Gasteiger partial charge in [0.15, 0.2) is 11.5 Å². The molecule has 0 atom stereocenters. The first kappa shape index (κ1) is 18.5. The lowest BCUT2D eigenvalue weighted by molar-refractivity contribution is 0.174. The molecule has 0 amide bonds. The fourth-order valence-electron chi connectivity index (χ4n) is 3.12. The van der Waals surface area contributed by atoms with Gasteiger partial charge >= 0.3 is 0 Å². The molecule has 0 saturated carbocycles. The summed E-state index contributed by atoms with van der Waals surface area (Å²) in [5.74, 6) is 1.32. The van der Waals surface area contributed by atoms with Crippen LogP contribution in [0.5, 0.6) is 11.5 Å². The second-order valence-corrected chi connectivity index (χ2v) is 8.70. The van der Waals surface area contributed by atoms with Crippen LogP contribution < -0.4 is 9.47 Å². The first-order valence-corrected chi connectivity index (χ1v) is 10.5. The molecule has 0 bridgehead atoms. The van der Waals surface area contributed by atoms with Crippen LogP contribution >= 0.6 is 0 Å².